The lowest BCUT2D eigenvalue weighted by molar-refractivity contribution is -0.136. The third-order valence-corrected chi connectivity index (χ3v) is 5.06. The van der Waals surface area contributed by atoms with E-state index in [-0.39, 0.29) is 24.3 Å². The number of piperazine rings is 1. The Labute approximate surface area is 166 Å². The van der Waals surface area contributed by atoms with Crippen LogP contribution >= 0.6 is 0 Å². The molecule has 0 bridgehead atoms. The summed E-state index contributed by atoms with van der Waals surface area (Å²) in [6.07, 6.45) is 0.272. The van der Waals surface area contributed by atoms with Crippen LogP contribution in [0.25, 0.3) is 0 Å². The first-order chi connectivity index (χ1) is 13.6. The standard InChI is InChI=1S/C22H27N3O3/c1-24-14-15-25(19(16-24)17-8-4-3-5-9-17)21(26)12-13-23-22(27)18-10-6-7-11-20(18)28-2/h3-11,19H,12-16H2,1-2H3,(H,23,27). The van der Waals surface area contributed by atoms with Crippen molar-refractivity contribution in [2.45, 2.75) is 12.5 Å². The fourth-order valence-corrected chi connectivity index (χ4v) is 3.53. The molecule has 6 heteroatoms. The molecule has 0 spiro atoms. The second-order valence-electron chi connectivity index (χ2n) is 6.98. The summed E-state index contributed by atoms with van der Waals surface area (Å²) in [4.78, 5) is 29.4. The number of amides is 2. The summed E-state index contributed by atoms with van der Waals surface area (Å²) in [5, 5.41) is 2.83. The van der Waals surface area contributed by atoms with Crippen molar-refractivity contribution in [2.24, 2.45) is 0 Å². The van der Waals surface area contributed by atoms with Gasteiger partial charge in [-0.05, 0) is 24.7 Å². The van der Waals surface area contributed by atoms with Crippen molar-refractivity contribution in [1.29, 1.82) is 0 Å². The molecule has 3 rings (SSSR count). The molecular weight excluding hydrogens is 354 g/mol. The number of hydrogen-bond acceptors (Lipinski definition) is 4. The summed E-state index contributed by atoms with van der Waals surface area (Å²) in [6.45, 7) is 2.64. The number of carbonyl (C=O) groups excluding carboxylic acids is 2. The molecule has 1 aliphatic heterocycles. The van der Waals surface area contributed by atoms with Gasteiger partial charge in [-0.2, -0.15) is 0 Å². The van der Waals surface area contributed by atoms with E-state index in [1.165, 1.54) is 7.11 Å². The van der Waals surface area contributed by atoms with Crippen LogP contribution in [0, 0.1) is 0 Å². The number of para-hydroxylation sites is 1. The molecular formula is C22H27N3O3. The third-order valence-electron chi connectivity index (χ3n) is 5.06. The summed E-state index contributed by atoms with van der Waals surface area (Å²) < 4.78 is 5.22. The maximum Gasteiger partial charge on any atom is 0.255 e. The van der Waals surface area contributed by atoms with E-state index in [0.29, 0.717) is 24.4 Å². The van der Waals surface area contributed by atoms with Gasteiger partial charge < -0.3 is 19.9 Å². The van der Waals surface area contributed by atoms with Gasteiger partial charge in [0.2, 0.25) is 5.91 Å². The number of hydrogen-bond donors (Lipinski definition) is 1. The highest BCUT2D eigenvalue weighted by Crippen LogP contribution is 2.25. The zero-order valence-corrected chi connectivity index (χ0v) is 16.4. The number of likely N-dealkylation sites (N-methyl/N-ethyl adjacent to an activating group) is 1. The molecule has 1 saturated heterocycles. The number of benzene rings is 2. The number of methoxy groups -OCH3 is 1. The van der Waals surface area contributed by atoms with Crippen LogP contribution < -0.4 is 10.1 Å². The Morgan fingerprint density at radius 3 is 2.54 bits per heavy atom. The van der Waals surface area contributed by atoms with Crippen molar-refractivity contribution in [3.05, 3.63) is 65.7 Å². The van der Waals surface area contributed by atoms with Gasteiger partial charge in [-0.25, -0.2) is 0 Å². The van der Waals surface area contributed by atoms with Gasteiger partial charge >= 0.3 is 0 Å². The van der Waals surface area contributed by atoms with E-state index in [9.17, 15) is 9.59 Å². The van der Waals surface area contributed by atoms with Crippen molar-refractivity contribution >= 4 is 11.8 Å². The quantitative estimate of drug-likeness (QED) is 0.834. The molecule has 2 aromatic carbocycles. The van der Waals surface area contributed by atoms with Crippen LogP contribution in [0.4, 0.5) is 0 Å². The molecule has 1 unspecified atom stereocenters. The van der Waals surface area contributed by atoms with Gasteiger partial charge in [-0.1, -0.05) is 42.5 Å². The minimum absolute atomic E-state index is 0.0392. The van der Waals surface area contributed by atoms with Crippen LogP contribution in [-0.2, 0) is 4.79 Å². The Morgan fingerprint density at radius 1 is 1.07 bits per heavy atom. The van der Waals surface area contributed by atoms with Crippen LogP contribution in [-0.4, -0.2) is 62.0 Å². The SMILES string of the molecule is COc1ccccc1C(=O)NCCC(=O)N1CCN(C)CC1c1ccccc1. The molecule has 0 saturated carbocycles. The van der Waals surface area contributed by atoms with Gasteiger partial charge in [0.05, 0.1) is 18.7 Å². The molecule has 1 heterocycles. The predicted molar refractivity (Wildman–Crippen MR) is 108 cm³/mol. The fraction of sp³-hybridized carbons (Fsp3) is 0.364. The first-order valence-corrected chi connectivity index (χ1v) is 9.54. The molecule has 0 radical (unpaired) electrons. The smallest absolute Gasteiger partial charge is 0.255 e. The van der Waals surface area contributed by atoms with E-state index >= 15 is 0 Å². The normalized spacial score (nSPS) is 17.2. The van der Waals surface area contributed by atoms with E-state index in [1.807, 2.05) is 29.2 Å². The average Bonchev–Trinajstić information content (AvgIpc) is 2.74. The van der Waals surface area contributed by atoms with Crippen LogP contribution in [0.15, 0.2) is 54.6 Å². The van der Waals surface area contributed by atoms with Gasteiger partial charge in [0.1, 0.15) is 5.75 Å². The lowest BCUT2D eigenvalue weighted by Gasteiger charge is -2.40. The molecule has 1 fully saturated rings. The average molecular weight is 381 g/mol. The van der Waals surface area contributed by atoms with Crippen LogP contribution in [0.3, 0.4) is 0 Å². The van der Waals surface area contributed by atoms with E-state index in [1.54, 1.807) is 18.2 Å². The van der Waals surface area contributed by atoms with Gasteiger partial charge in [-0.15, -0.1) is 0 Å². The molecule has 1 atom stereocenters. The Balaban J connectivity index is 1.59. The van der Waals surface area contributed by atoms with Gasteiger partial charge in [0.25, 0.3) is 5.91 Å². The summed E-state index contributed by atoms with van der Waals surface area (Å²) in [6, 6.07) is 17.2. The molecule has 28 heavy (non-hydrogen) atoms. The highest BCUT2D eigenvalue weighted by atomic mass is 16.5. The Kier molecular flexibility index (Phi) is 6.66. The van der Waals surface area contributed by atoms with Crippen molar-refractivity contribution in [1.82, 2.24) is 15.1 Å². The lowest BCUT2D eigenvalue weighted by Crippen LogP contribution is -2.49. The zero-order chi connectivity index (χ0) is 19.9. The number of nitrogens with one attached hydrogen (secondary N) is 1. The number of ether oxygens (including phenoxy) is 1. The zero-order valence-electron chi connectivity index (χ0n) is 16.4. The Morgan fingerprint density at radius 2 is 1.79 bits per heavy atom. The molecule has 148 valence electrons. The van der Waals surface area contributed by atoms with E-state index in [4.69, 9.17) is 4.74 Å². The lowest BCUT2D eigenvalue weighted by atomic mass is 10.0. The summed E-state index contributed by atoms with van der Waals surface area (Å²) >= 11 is 0. The highest BCUT2D eigenvalue weighted by Gasteiger charge is 2.29. The Hall–Kier alpha value is -2.86. The largest absolute Gasteiger partial charge is 0.496 e. The molecule has 0 aliphatic carbocycles. The highest BCUT2D eigenvalue weighted by molar-refractivity contribution is 5.97. The minimum Gasteiger partial charge on any atom is -0.496 e. The predicted octanol–water partition coefficient (Wildman–Crippen LogP) is 2.33. The van der Waals surface area contributed by atoms with E-state index < -0.39 is 0 Å². The van der Waals surface area contributed by atoms with Crippen molar-refractivity contribution in [3.8, 4) is 5.75 Å². The molecule has 6 nitrogen and oxygen atoms in total. The van der Waals surface area contributed by atoms with Crippen molar-refractivity contribution in [3.63, 3.8) is 0 Å². The van der Waals surface area contributed by atoms with Crippen molar-refractivity contribution in [2.75, 3.05) is 40.3 Å². The first-order valence-electron chi connectivity index (χ1n) is 9.54. The second-order valence-corrected chi connectivity index (χ2v) is 6.98. The molecule has 2 aromatic rings. The first kappa shape index (κ1) is 19.9. The van der Waals surface area contributed by atoms with Gasteiger partial charge in [0.15, 0.2) is 0 Å². The second kappa shape index (κ2) is 9.37. The monoisotopic (exact) mass is 381 g/mol. The molecule has 1 aliphatic rings. The molecule has 0 aromatic heterocycles. The maximum atomic E-state index is 12.9. The minimum atomic E-state index is -0.233. The van der Waals surface area contributed by atoms with E-state index in [2.05, 4.69) is 29.4 Å². The molecule has 2 amide bonds. The number of carbonyl (C=O) groups is 2. The maximum absolute atomic E-state index is 12.9. The van der Waals surface area contributed by atoms with Gasteiger partial charge in [0, 0.05) is 32.6 Å². The van der Waals surface area contributed by atoms with Crippen LogP contribution in [0.5, 0.6) is 5.75 Å². The van der Waals surface area contributed by atoms with Crippen molar-refractivity contribution < 1.29 is 14.3 Å². The van der Waals surface area contributed by atoms with Gasteiger partial charge in [-0.3, -0.25) is 9.59 Å². The summed E-state index contributed by atoms with van der Waals surface area (Å²) in [7, 11) is 3.61. The number of nitrogens with zero attached hydrogens (tertiary/aromatic N) is 2. The number of rotatable bonds is 6. The van der Waals surface area contributed by atoms with Crippen LogP contribution in [0.2, 0.25) is 0 Å². The third kappa shape index (κ3) is 4.70. The Bertz CT molecular complexity index is 810. The molecule has 1 N–H and O–H groups in total. The fourth-order valence-electron chi connectivity index (χ4n) is 3.53. The van der Waals surface area contributed by atoms with Crippen LogP contribution in [0.1, 0.15) is 28.4 Å². The topological polar surface area (TPSA) is 61.9 Å². The summed E-state index contributed by atoms with van der Waals surface area (Å²) in [5.41, 5.74) is 1.61. The summed E-state index contributed by atoms with van der Waals surface area (Å²) in [5.74, 6) is 0.347. The van der Waals surface area contributed by atoms with E-state index in [0.717, 1.165) is 18.7 Å².